The van der Waals surface area contributed by atoms with Crippen molar-refractivity contribution >= 4 is 11.9 Å². The van der Waals surface area contributed by atoms with E-state index in [1.807, 2.05) is 4.90 Å². The summed E-state index contributed by atoms with van der Waals surface area (Å²) >= 11 is 0. The van der Waals surface area contributed by atoms with E-state index in [9.17, 15) is 9.59 Å². The van der Waals surface area contributed by atoms with Gasteiger partial charge in [-0.1, -0.05) is 0 Å². The highest BCUT2D eigenvalue weighted by atomic mass is 16.7. The summed E-state index contributed by atoms with van der Waals surface area (Å²) in [6, 6.07) is 7.01. The molecule has 6 rings (SSSR count). The fraction of sp³-hybridized carbons (Fsp3) is 0.609. The number of nitrogens with zero attached hydrogens (tertiary/aromatic N) is 2. The molecule has 4 bridgehead atoms. The first-order valence-corrected chi connectivity index (χ1v) is 10.8. The van der Waals surface area contributed by atoms with E-state index in [1.165, 1.54) is 19.3 Å². The number of hydrogen-bond acceptors (Lipinski definition) is 6. The molecule has 1 heterocycles. The van der Waals surface area contributed by atoms with Crippen LogP contribution in [0.3, 0.4) is 0 Å². The highest BCUT2D eigenvalue weighted by Crippen LogP contribution is 2.57. The van der Waals surface area contributed by atoms with Crippen molar-refractivity contribution in [3.05, 3.63) is 23.8 Å². The lowest BCUT2D eigenvalue weighted by Crippen LogP contribution is -2.62. The Hall–Kier alpha value is -2.75. The first-order valence-electron chi connectivity index (χ1n) is 10.8. The second kappa shape index (κ2) is 7.50. The van der Waals surface area contributed by atoms with E-state index in [0.717, 1.165) is 19.3 Å². The van der Waals surface area contributed by atoms with E-state index in [0.29, 0.717) is 47.8 Å². The monoisotopic (exact) mass is 410 g/mol. The molecule has 5 aliphatic rings. The van der Waals surface area contributed by atoms with Gasteiger partial charge in [0.25, 0.3) is 5.91 Å². The van der Waals surface area contributed by atoms with Gasteiger partial charge >= 0.3 is 5.97 Å². The van der Waals surface area contributed by atoms with E-state index in [2.05, 4.69) is 6.07 Å². The van der Waals surface area contributed by atoms with Crippen LogP contribution in [0.1, 0.15) is 55.3 Å². The van der Waals surface area contributed by atoms with Crippen LogP contribution in [-0.2, 0) is 9.53 Å². The van der Waals surface area contributed by atoms with Crippen molar-refractivity contribution < 1.29 is 23.8 Å². The number of nitriles is 1. The molecule has 0 N–H and O–H groups in total. The summed E-state index contributed by atoms with van der Waals surface area (Å²) in [5, 5.41) is 9.13. The average molecular weight is 410 g/mol. The number of ether oxygens (including phenoxy) is 3. The molecule has 1 aromatic carbocycles. The fourth-order valence-electron chi connectivity index (χ4n) is 6.50. The maximum Gasteiger partial charge on any atom is 0.338 e. The van der Waals surface area contributed by atoms with Gasteiger partial charge < -0.3 is 19.1 Å². The molecule has 0 saturated heterocycles. The molecule has 0 spiro atoms. The molecule has 0 unspecified atom stereocenters. The van der Waals surface area contributed by atoms with Gasteiger partial charge in [0.15, 0.2) is 18.1 Å². The largest absolute Gasteiger partial charge is 0.454 e. The third-order valence-corrected chi connectivity index (χ3v) is 7.26. The first kappa shape index (κ1) is 19.2. The molecule has 4 saturated carbocycles. The molecule has 0 aromatic heterocycles. The molecule has 158 valence electrons. The van der Waals surface area contributed by atoms with Gasteiger partial charge in [0.2, 0.25) is 6.79 Å². The Kier molecular flexibility index (Phi) is 4.80. The molecule has 7 heteroatoms. The van der Waals surface area contributed by atoms with Crippen molar-refractivity contribution in [2.45, 2.75) is 50.5 Å². The molecule has 0 atom stereocenters. The smallest absolute Gasteiger partial charge is 0.338 e. The SMILES string of the molecule is N#CCCN(C(=O)COC(=O)c1ccc2c(c1)OCO2)C12CC3CC(CC(C3)C1)C2. The molecule has 0 radical (unpaired) electrons. The van der Waals surface area contributed by atoms with Crippen LogP contribution in [0.5, 0.6) is 11.5 Å². The summed E-state index contributed by atoms with van der Waals surface area (Å²) in [6.45, 7) is 0.231. The third kappa shape index (κ3) is 3.38. The number of rotatable bonds is 6. The average Bonchev–Trinajstić information content (AvgIpc) is 3.19. The lowest BCUT2D eigenvalue weighted by atomic mass is 9.52. The Morgan fingerprint density at radius 2 is 1.77 bits per heavy atom. The summed E-state index contributed by atoms with van der Waals surface area (Å²) in [5.41, 5.74) is 0.166. The van der Waals surface area contributed by atoms with E-state index in [-0.39, 0.29) is 24.8 Å². The van der Waals surface area contributed by atoms with Crippen molar-refractivity contribution in [3.63, 3.8) is 0 Å². The summed E-state index contributed by atoms with van der Waals surface area (Å²) in [6.07, 6.45) is 7.18. The number of hydrogen-bond donors (Lipinski definition) is 0. The number of esters is 1. The topological polar surface area (TPSA) is 88.9 Å². The van der Waals surface area contributed by atoms with Crippen molar-refractivity contribution in [1.29, 1.82) is 5.26 Å². The zero-order valence-corrected chi connectivity index (χ0v) is 17.0. The van der Waals surface area contributed by atoms with E-state index >= 15 is 0 Å². The van der Waals surface area contributed by atoms with Gasteiger partial charge in [0.05, 0.1) is 18.1 Å². The number of carbonyl (C=O) groups is 2. The Labute approximate surface area is 175 Å². The first-order chi connectivity index (χ1) is 14.6. The molecular formula is C23H26N2O5. The highest BCUT2D eigenvalue weighted by Gasteiger charge is 2.54. The van der Waals surface area contributed by atoms with Crippen LogP contribution in [0.4, 0.5) is 0 Å². The van der Waals surface area contributed by atoms with Crippen LogP contribution in [0.2, 0.25) is 0 Å². The predicted molar refractivity (Wildman–Crippen MR) is 106 cm³/mol. The van der Waals surface area contributed by atoms with Crippen molar-refractivity contribution in [2.24, 2.45) is 17.8 Å². The highest BCUT2D eigenvalue weighted by molar-refractivity contribution is 5.92. The predicted octanol–water partition coefficient (Wildman–Crippen LogP) is 3.28. The quantitative estimate of drug-likeness (QED) is 0.669. The van der Waals surface area contributed by atoms with Crippen molar-refractivity contribution in [2.75, 3.05) is 19.9 Å². The van der Waals surface area contributed by atoms with Gasteiger partial charge in [-0.3, -0.25) is 4.79 Å². The molecule has 7 nitrogen and oxygen atoms in total. The third-order valence-electron chi connectivity index (χ3n) is 7.26. The van der Waals surface area contributed by atoms with Crippen molar-refractivity contribution in [3.8, 4) is 17.6 Å². The number of benzene rings is 1. The minimum absolute atomic E-state index is 0.130. The van der Waals surface area contributed by atoms with Gasteiger partial charge in [0, 0.05) is 12.1 Å². The van der Waals surface area contributed by atoms with Crippen molar-refractivity contribution in [1.82, 2.24) is 4.90 Å². The minimum Gasteiger partial charge on any atom is -0.454 e. The maximum atomic E-state index is 13.2. The van der Waals surface area contributed by atoms with E-state index in [4.69, 9.17) is 19.5 Å². The van der Waals surface area contributed by atoms with Crippen LogP contribution in [0.15, 0.2) is 18.2 Å². The molecular weight excluding hydrogens is 384 g/mol. The zero-order valence-electron chi connectivity index (χ0n) is 17.0. The maximum absolute atomic E-state index is 13.2. The van der Waals surface area contributed by atoms with Gasteiger partial charge in [-0.25, -0.2) is 4.79 Å². The van der Waals surface area contributed by atoms with Crippen LogP contribution in [0.25, 0.3) is 0 Å². The molecule has 1 amide bonds. The fourth-order valence-corrected chi connectivity index (χ4v) is 6.50. The molecule has 30 heavy (non-hydrogen) atoms. The number of amides is 1. The lowest BCUT2D eigenvalue weighted by Gasteiger charge is -2.60. The van der Waals surface area contributed by atoms with Gasteiger partial charge in [-0.2, -0.15) is 5.26 Å². The van der Waals surface area contributed by atoms with Crippen LogP contribution < -0.4 is 9.47 Å². The molecule has 4 fully saturated rings. The standard InChI is InChI=1S/C23H26N2O5/c24-4-1-5-25(23-10-15-6-16(11-23)8-17(7-15)12-23)21(26)13-28-22(27)18-2-3-19-20(9-18)30-14-29-19/h2-3,9,15-17H,1,5-8,10-14H2. The normalized spacial score (nSPS) is 30.0. The van der Waals surface area contributed by atoms with Gasteiger partial charge in [-0.05, 0) is 74.5 Å². The Balaban J connectivity index is 1.28. The minimum atomic E-state index is -0.563. The summed E-state index contributed by atoms with van der Waals surface area (Å²) in [4.78, 5) is 27.6. The number of fused-ring (bicyclic) bond motifs is 1. The Bertz CT molecular complexity index is 870. The van der Waals surface area contributed by atoms with Crippen LogP contribution in [0, 0.1) is 29.1 Å². The second-order valence-corrected chi connectivity index (χ2v) is 9.24. The molecule has 1 aromatic rings. The van der Waals surface area contributed by atoms with Gasteiger partial charge in [0.1, 0.15) is 0 Å². The van der Waals surface area contributed by atoms with E-state index in [1.54, 1.807) is 18.2 Å². The van der Waals surface area contributed by atoms with Gasteiger partial charge in [-0.15, -0.1) is 0 Å². The summed E-state index contributed by atoms with van der Waals surface area (Å²) in [5.74, 6) is 2.39. The Morgan fingerprint density at radius 1 is 1.10 bits per heavy atom. The Morgan fingerprint density at radius 3 is 2.43 bits per heavy atom. The summed E-state index contributed by atoms with van der Waals surface area (Å²) < 4.78 is 15.9. The van der Waals surface area contributed by atoms with Crippen LogP contribution >= 0.6 is 0 Å². The van der Waals surface area contributed by atoms with Crippen LogP contribution in [-0.4, -0.2) is 42.3 Å². The molecule has 1 aliphatic heterocycles. The number of carbonyl (C=O) groups excluding carboxylic acids is 2. The molecule has 4 aliphatic carbocycles. The zero-order chi connectivity index (χ0) is 20.7. The van der Waals surface area contributed by atoms with E-state index < -0.39 is 5.97 Å². The lowest BCUT2D eigenvalue weighted by molar-refractivity contribution is -0.153. The second-order valence-electron chi connectivity index (χ2n) is 9.24. The summed E-state index contributed by atoms with van der Waals surface area (Å²) in [7, 11) is 0.